The standard InChI is InChI=1S/C31H22BrNO5S/c32-23-13-25(35)28-22(29(23)36)12-21-19(26(28)18-9-10-24(34)17-6-2-1-5-16(17)18)7-8-20-27(21)31(38)33(30(20)37)14-15-4-3-11-39-15/h1-7,9-11,13,20-21,26-27,34H,8,12,14H2. The Bertz CT molecular complexity index is 1720. The monoisotopic (exact) mass is 599 g/mol. The number of likely N-dealkylation sites (tertiary alicyclic amines) is 1. The van der Waals surface area contributed by atoms with Crippen LogP contribution >= 0.6 is 27.3 Å². The molecule has 1 aliphatic heterocycles. The molecule has 1 saturated heterocycles. The number of ketones is 2. The number of Topliss-reactive ketones (excluding diaryl/α,β-unsaturated/α-hetero) is 1. The van der Waals surface area contributed by atoms with Gasteiger partial charge < -0.3 is 5.11 Å². The van der Waals surface area contributed by atoms with Gasteiger partial charge in [0.1, 0.15) is 5.75 Å². The number of imide groups is 1. The maximum atomic E-state index is 13.9. The van der Waals surface area contributed by atoms with E-state index >= 15 is 0 Å². The predicted octanol–water partition coefficient (Wildman–Crippen LogP) is 5.57. The molecule has 1 fully saturated rings. The van der Waals surface area contributed by atoms with Gasteiger partial charge in [0.05, 0.1) is 22.9 Å². The summed E-state index contributed by atoms with van der Waals surface area (Å²) in [6, 6.07) is 14.7. The summed E-state index contributed by atoms with van der Waals surface area (Å²) in [5.41, 5.74) is 2.52. The van der Waals surface area contributed by atoms with Crippen LogP contribution < -0.4 is 0 Å². The number of rotatable bonds is 3. The van der Waals surface area contributed by atoms with Crippen molar-refractivity contribution in [1.82, 2.24) is 4.90 Å². The van der Waals surface area contributed by atoms with E-state index in [1.807, 2.05) is 47.9 Å². The third kappa shape index (κ3) is 3.58. The summed E-state index contributed by atoms with van der Waals surface area (Å²) in [6.07, 6.45) is 3.98. The van der Waals surface area contributed by atoms with E-state index in [0.717, 1.165) is 21.4 Å². The summed E-state index contributed by atoms with van der Waals surface area (Å²) in [5.74, 6) is -2.79. The average Bonchev–Trinajstić information content (AvgIpc) is 3.54. The number of nitrogens with zero attached hydrogens (tertiary/aromatic N) is 1. The van der Waals surface area contributed by atoms with Gasteiger partial charge in [0, 0.05) is 33.4 Å². The van der Waals surface area contributed by atoms with Crippen molar-refractivity contribution in [3.63, 3.8) is 0 Å². The minimum atomic E-state index is -0.593. The van der Waals surface area contributed by atoms with Crippen molar-refractivity contribution in [3.8, 4) is 5.75 Å². The first-order valence-electron chi connectivity index (χ1n) is 12.8. The van der Waals surface area contributed by atoms with E-state index < -0.39 is 17.8 Å². The summed E-state index contributed by atoms with van der Waals surface area (Å²) in [4.78, 5) is 56.6. The average molecular weight is 600 g/mol. The molecule has 7 rings (SSSR count). The molecule has 194 valence electrons. The number of halogens is 1. The highest BCUT2D eigenvalue weighted by Gasteiger charge is 2.56. The van der Waals surface area contributed by atoms with Crippen LogP contribution in [0.1, 0.15) is 29.2 Å². The second-order valence-corrected chi connectivity index (χ2v) is 12.3. The zero-order chi connectivity index (χ0) is 27.0. The number of carbonyl (C=O) groups excluding carboxylic acids is 4. The zero-order valence-electron chi connectivity index (χ0n) is 20.6. The van der Waals surface area contributed by atoms with Gasteiger partial charge in [-0.1, -0.05) is 48.0 Å². The molecule has 6 nitrogen and oxygen atoms in total. The fraction of sp³-hybridized carbons (Fsp3) is 0.226. The Kier molecular flexibility index (Phi) is 5.61. The second-order valence-electron chi connectivity index (χ2n) is 10.5. The molecule has 4 aliphatic rings. The number of fused-ring (bicyclic) bond motifs is 4. The van der Waals surface area contributed by atoms with Crippen LogP contribution in [0.25, 0.3) is 10.8 Å². The maximum Gasteiger partial charge on any atom is 0.234 e. The molecule has 4 unspecified atom stereocenters. The lowest BCUT2D eigenvalue weighted by Crippen LogP contribution is -2.39. The molecule has 1 aromatic heterocycles. The van der Waals surface area contributed by atoms with E-state index in [-0.39, 0.29) is 52.5 Å². The number of hydrogen-bond donors (Lipinski definition) is 1. The summed E-state index contributed by atoms with van der Waals surface area (Å²) in [6.45, 7) is 0.246. The first-order chi connectivity index (χ1) is 18.8. The van der Waals surface area contributed by atoms with E-state index in [4.69, 9.17) is 0 Å². The molecule has 4 atom stereocenters. The third-order valence-corrected chi connectivity index (χ3v) is 10.0. The van der Waals surface area contributed by atoms with Crippen LogP contribution in [0.3, 0.4) is 0 Å². The van der Waals surface area contributed by atoms with Gasteiger partial charge in [-0.3, -0.25) is 24.1 Å². The Morgan fingerprint density at radius 1 is 0.949 bits per heavy atom. The van der Waals surface area contributed by atoms with E-state index in [1.54, 1.807) is 12.1 Å². The number of thiophene rings is 1. The molecule has 0 radical (unpaired) electrons. The molecule has 8 heteroatoms. The topological polar surface area (TPSA) is 91.8 Å². The second kappa shape index (κ2) is 8.96. The van der Waals surface area contributed by atoms with Crippen molar-refractivity contribution in [1.29, 1.82) is 0 Å². The van der Waals surface area contributed by atoms with Crippen molar-refractivity contribution in [2.24, 2.45) is 17.8 Å². The van der Waals surface area contributed by atoms with Crippen LogP contribution in [-0.4, -0.2) is 33.4 Å². The van der Waals surface area contributed by atoms with Crippen LogP contribution in [0.15, 0.2) is 87.3 Å². The van der Waals surface area contributed by atoms with Crippen LogP contribution in [0.5, 0.6) is 5.75 Å². The highest BCUT2D eigenvalue weighted by Crippen LogP contribution is 2.56. The Balaban J connectivity index is 1.40. The smallest absolute Gasteiger partial charge is 0.234 e. The Morgan fingerprint density at radius 3 is 2.51 bits per heavy atom. The lowest BCUT2D eigenvalue weighted by molar-refractivity contribution is -0.140. The van der Waals surface area contributed by atoms with Crippen molar-refractivity contribution in [3.05, 3.63) is 97.7 Å². The normalized spacial score (nSPS) is 26.4. The number of hydrogen-bond acceptors (Lipinski definition) is 6. The van der Waals surface area contributed by atoms with E-state index in [9.17, 15) is 24.3 Å². The lowest BCUT2D eigenvalue weighted by atomic mass is 9.59. The van der Waals surface area contributed by atoms with E-state index in [0.29, 0.717) is 23.0 Å². The molecule has 2 amide bonds. The quantitative estimate of drug-likeness (QED) is 0.241. The molecule has 0 bridgehead atoms. The van der Waals surface area contributed by atoms with Crippen LogP contribution in [-0.2, 0) is 25.7 Å². The third-order valence-electron chi connectivity index (χ3n) is 8.56. The van der Waals surface area contributed by atoms with Crippen molar-refractivity contribution < 1.29 is 24.3 Å². The molecule has 3 aliphatic carbocycles. The minimum Gasteiger partial charge on any atom is -0.507 e. The molecule has 3 aromatic rings. The molecule has 2 heterocycles. The molecule has 1 N–H and O–H groups in total. The van der Waals surface area contributed by atoms with Gasteiger partial charge >= 0.3 is 0 Å². The number of aromatic hydroxyl groups is 1. The van der Waals surface area contributed by atoms with Gasteiger partial charge in [-0.05, 0) is 63.2 Å². The van der Waals surface area contributed by atoms with Crippen LogP contribution in [0.2, 0.25) is 0 Å². The summed E-state index contributed by atoms with van der Waals surface area (Å²) in [5, 5.41) is 13.9. The van der Waals surface area contributed by atoms with Gasteiger partial charge in [0.15, 0.2) is 11.6 Å². The number of phenolic OH excluding ortho intramolecular Hbond substituents is 1. The molecule has 0 saturated carbocycles. The molecule has 39 heavy (non-hydrogen) atoms. The predicted molar refractivity (Wildman–Crippen MR) is 150 cm³/mol. The molecular formula is C31H22BrNO5S. The number of allylic oxidation sites excluding steroid dienone is 6. The Morgan fingerprint density at radius 2 is 1.74 bits per heavy atom. The number of amides is 2. The summed E-state index contributed by atoms with van der Waals surface area (Å²) < 4.78 is 0.202. The van der Waals surface area contributed by atoms with Gasteiger partial charge in [0.2, 0.25) is 11.8 Å². The molecular weight excluding hydrogens is 578 g/mol. The largest absolute Gasteiger partial charge is 0.507 e. The van der Waals surface area contributed by atoms with E-state index in [2.05, 4.69) is 15.9 Å². The first-order valence-corrected chi connectivity index (χ1v) is 14.5. The van der Waals surface area contributed by atoms with Crippen molar-refractivity contribution in [2.75, 3.05) is 0 Å². The van der Waals surface area contributed by atoms with Gasteiger partial charge in [-0.15, -0.1) is 11.3 Å². The minimum absolute atomic E-state index is 0.128. The fourth-order valence-electron chi connectivity index (χ4n) is 6.90. The number of benzene rings is 2. The molecule has 0 spiro atoms. The Labute approximate surface area is 236 Å². The van der Waals surface area contributed by atoms with Crippen LogP contribution in [0.4, 0.5) is 0 Å². The maximum absolute atomic E-state index is 13.9. The summed E-state index contributed by atoms with van der Waals surface area (Å²) >= 11 is 4.78. The number of carbonyl (C=O) groups is 4. The SMILES string of the molecule is O=C1C=C(Br)C(=O)C2=C1C(c1ccc(O)c3ccccc13)C1=CCC3C(=O)N(Cc4cccs4)C(=O)C3C1C2. The fourth-order valence-corrected chi connectivity index (χ4v) is 8.04. The van der Waals surface area contributed by atoms with Gasteiger partial charge in [-0.25, -0.2) is 0 Å². The number of phenols is 1. The van der Waals surface area contributed by atoms with Crippen LogP contribution in [0, 0.1) is 17.8 Å². The zero-order valence-corrected chi connectivity index (χ0v) is 23.0. The summed E-state index contributed by atoms with van der Waals surface area (Å²) in [7, 11) is 0. The molecule has 2 aromatic carbocycles. The highest BCUT2D eigenvalue weighted by atomic mass is 79.9. The van der Waals surface area contributed by atoms with Crippen molar-refractivity contribution in [2.45, 2.75) is 25.3 Å². The van der Waals surface area contributed by atoms with Gasteiger partial charge in [-0.2, -0.15) is 0 Å². The van der Waals surface area contributed by atoms with E-state index in [1.165, 1.54) is 22.3 Å². The highest BCUT2D eigenvalue weighted by molar-refractivity contribution is 9.12. The lowest BCUT2D eigenvalue weighted by Gasteiger charge is -2.42. The Hall–Kier alpha value is -3.62. The van der Waals surface area contributed by atoms with Crippen molar-refractivity contribution >= 4 is 61.4 Å². The van der Waals surface area contributed by atoms with Gasteiger partial charge in [0.25, 0.3) is 0 Å². The first kappa shape index (κ1) is 24.4.